The number of benzene rings is 1. The van der Waals surface area contributed by atoms with Crippen molar-refractivity contribution in [3.8, 4) is 0 Å². The fourth-order valence-corrected chi connectivity index (χ4v) is 2.60. The van der Waals surface area contributed by atoms with E-state index in [0.29, 0.717) is 6.54 Å². The van der Waals surface area contributed by atoms with Gasteiger partial charge in [0.15, 0.2) is 0 Å². The first kappa shape index (κ1) is 11.9. The molecule has 0 saturated heterocycles. The summed E-state index contributed by atoms with van der Waals surface area (Å²) in [6, 6.07) is 9.29. The van der Waals surface area contributed by atoms with Gasteiger partial charge in [0.25, 0.3) is 0 Å². The van der Waals surface area contributed by atoms with Crippen molar-refractivity contribution in [3.63, 3.8) is 0 Å². The molecule has 1 aromatic heterocycles. The maximum Gasteiger partial charge on any atom is 0.239 e. The van der Waals surface area contributed by atoms with E-state index in [1.54, 1.807) is 6.20 Å². The van der Waals surface area contributed by atoms with Crippen molar-refractivity contribution in [2.45, 2.75) is 19.1 Å². The first-order chi connectivity index (χ1) is 9.25. The van der Waals surface area contributed by atoms with Crippen molar-refractivity contribution in [2.75, 3.05) is 6.54 Å². The molecule has 0 aliphatic carbocycles. The SMILES string of the molecule is NC(=O)C(c1ccccc1)N1CCn2ccnc2C1. The van der Waals surface area contributed by atoms with E-state index in [1.165, 1.54) is 0 Å². The summed E-state index contributed by atoms with van der Waals surface area (Å²) in [6.07, 6.45) is 3.76. The molecule has 1 aliphatic rings. The Balaban J connectivity index is 1.89. The number of hydrogen-bond acceptors (Lipinski definition) is 3. The monoisotopic (exact) mass is 256 g/mol. The molecule has 1 atom stereocenters. The number of nitrogens with zero attached hydrogens (tertiary/aromatic N) is 3. The second-order valence-corrected chi connectivity index (χ2v) is 4.72. The van der Waals surface area contributed by atoms with Crippen molar-refractivity contribution in [3.05, 3.63) is 54.1 Å². The van der Waals surface area contributed by atoms with Gasteiger partial charge in [0.1, 0.15) is 11.9 Å². The molecule has 0 radical (unpaired) electrons. The summed E-state index contributed by atoms with van der Waals surface area (Å²) >= 11 is 0. The quantitative estimate of drug-likeness (QED) is 0.888. The van der Waals surface area contributed by atoms with Crippen LogP contribution in [0.1, 0.15) is 17.4 Å². The van der Waals surface area contributed by atoms with Crippen molar-refractivity contribution in [1.29, 1.82) is 0 Å². The molecule has 1 unspecified atom stereocenters. The third kappa shape index (κ3) is 2.24. The Bertz CT molecular complexity index is 578. The van der Waals surface area contributed by atoms with Gasteiger partial charge in [0, 0.05) is 25.5 Å². The predicted molar refractivity (Wildman–Crippen MR) is 71.0 cm³/mol. The molecular weight excluding hydrogens is 240 g/mol. The van der Waals surface area contributed by atoms with Crippen LogP contribution < -0.4 is 5.73 Å². The maximum atomic E-state index is 11.8. The van der Waals surface area contributed by atoms with E-state index >= 15 is 0 Å². The highest BCUT2D eigenvalue weighted by atomic mass is 16.1. The Morgan fingerprint density at radius 2 is 2.05 bits per heavy atom. The first-order valence-electron chi connectivity index (χ1n) is 6.34. The lowest BCUT2D eigenvalue weighted by molar-refractivity contribution is -0.124. The number of amides is 1. The molecule has 1 aromatic carbocycles. The van der Waals surface area contributed by atoms with Crippen molar-refractivity contribution in [1.82, 2.24) is 14.5 Å². The van der Waals surface area contributed by atoms with Crippen LogP contribution in [0, 0.1) is 0 Å². The largest absolute Gasteiger partial charge is 0.368 e. The van der Waals surface area contributed by atoms with Gasteiger partial charge < -0.3 is 10.3 Å². The van der Waals surface area contributed by atoms with E-state index in [0.717, 1.165) is 24.5 Å². The van der Waals surface area contributed by atoms with Crippen LogP contribution in [-0.4, -0.2) is 26.9 Å². The molecular formula is C14H16N4O. The van der Waals surface area contributed by atoms with E-state index < -0.39 is 0 Å². The van der Waals surface area contributed by atoms with E-state index in [1.807, 2.05) is 36.5 Å². The lowest BCUT2D eigenvalue weighted by Gasteiger charge is -2.33. The summed E-state index contributed by atoms with van der Waals surface area (Å²) in [6.45, 7) is 2.29. The molecule has 0 bridgehead atoms. The number of imidazole rings is 1. The number of carbonyl (C=O) groups excluding carboxylic acids is 1. The second kappa shape index (κ2) is 4.85. The minimum Gasteiger partial charge on any atom is -0.368 e. The molecule has 19 heavy (non-hydrogen) atoms. The zero-order valence-corrected chi connectivity index (χ0v) is 10.6. The van der Waals surface area contributed by atoms with E-state index in [4.69, 9.17) is 5.73 Å². The highest BCUT2D eigenvalue weighted by molar-refractivity contribution is 5.81. The van der Waals surface area contributed by atoms with Crippen molar-refractivity contribution >= 4 is 5.91 Å². The second-order valence-electron chi connectivity index (χ2n) is 4.72. The van der Waals surface area contributed by atoms with E-state index in [2.05, 4.69) is 14.5 Å². The van der Waals surface area contributed by atoms with Crippen molar-refractivity contribution < 1.29 is 4.79 Å². The number of hydrogen-bond donors (Lipinski definition) is 1. The molecule has 0 spiro atoms. The average molecular weight is 256 g/mol. The molecule has 0 saturated carbocycles. The van der Waals surface area contributed by atoms with Gasteiger partial charge >= 0.3 is 0 Å². The number of nitrogens with two attached hydrogens (primary N) is 1. The number of carbonyl (C=O) groups is 1. The molecule has 2 N–H and O–H groups in total. The van der Waals surface area contributed by atoms with Gasteiger partial charge in [-0.1, -0.05) is 30.3 Å². The number of rotatable bonds is 3. The van der Waals surface area contributed by atoms with Gasteiger partial charge in [0.2, 0.25) is 5.91 Å². The average Bonchev–Trinajstić information content (AvgIpc) is 2.87. The molecule has 1 aliphatic heterocycles. The Labute approximate surface area is 111 Å². The van der Waals surface area contributed by atoms with Gasteiger partial charge in [0.05, 0.1) is 6.54 Å². The standard InChI is InChI=1S/C14H16N4O/c15-14(19)13(11-4-2-1-3-5-11)18-9-8-17-7-6-16-12(17)10-18/h1-7,13H,8-10H2,(H2,15,19). The van der Waals surface area contributed by atoms with Crippen LogP contribution in [0.15, 0.2) is 42.7 Å². The van der Waals surface area contributed by atoms with Crippen molar-refractivity contribution in [2.24, 2.45) is 5.73 Å². The van der Waals surface area contributed by atoms with Crippen LogP contribution in [0.4, 0.5) is 0 Å². The lowest BCUT2D eigenvalue weighted by atomic mass is 10.0. The molecule has 98 valence electrons. The maximum absolute atomic E-state index is 11.8. The van der Waals surface area contributed by atoms with Gasteiger partial charge in [-0.25, -0.2) is 4.98 Å². The highest BCUT2D eigenvalue weighted by Gasteiger charge is 2.28. The first-order valence-corrected chi connectivity index (χ1v) is 6.34. The topological polar surface area (TPSA) is 64.2 Å². The minimum absolute atomic E-state index is 0.314. The van der Waals surface area contributed by atoms with Gasteiger partial charge in [-0.05, 0) is 5.56 Å². The van der Waals surface area contributed by atoms with Crippen LogP contribution in [0.25, 0.3) is 0 Å². The fourth-order valence-electron chi connectivity index (χ4n) is 2.60. The van der Waals surface area contributed by atoms with Crippen LogP contribution in [-0.2, 0) is 17.9 Å². The molecule has 3 rings (SSSR count). The number of fused-ring (bicyclic) bond motifs is 1. The minimum atomic E-state index is -0.383. The molecule has 5 nitrogen and oxygen atoms in total. The third-order valence-corrected chi connectivity index (χ3v) is 3.52. The van der Waals surface area contributed by atoms with Gasteiger partial charge in [-0.2, -0.15) is 0 Å². The highest BCUT2D eigenvalue weighted by Crippen LogP contribution is 2.24. The summed E-state index contributed by atoms with van der Waals surface area (Å²) in [4.78, 5) is 18.2. The lowest BCUT2D eigenvalue weighted by Crippen LogP contribution is -2.42. The fraction of sp³-hybridized carbons (Fsp3) is 0.286. The smallest absolute Gasteiger partial charge is 0.239 e. The van der Waals surface area contributed by atoms with Gasteiger partial charge in [-0.15, -0.1) is 0 Å². The zero-order chi connectivity index (χ0) is 13.2. The predicted octanol–water partition coefficient (Wildman–Crippen LogP) is 0.925. The van der Waals surface area contributed by atoms with Crippen LogP contribution in [0.3, 0.4) is 0 Å². The van der Waals surface area contributed by atoms with E-state index in [9.17, 15) is 4.79 Å². The van der Waals surface area contributed by atoms with Crippen LogP contribution in [0.2, 0.25) is 0 Å². The van der Waals surface area contributed by atoms with Crippen LogP contribution in [0.5, 0.6) is 0 Å². The Kier molecular flexibility index (Phi) is 3.05. The zero-order valence-electron chi connectivity index (χ0n) is 10.6. The summed E-state index contributed by atoms with van der Waals surface area (Å²) in [5.41, 5.74) is 6.53. The number of aromatic nitrogens is 2. The molecule has 2 heterocycles. The summed E-state index contributed by atoms with van der Waals surface area (Å²) in [5, 5.41) is 0. The molecule has 0 fully saturated rings. The summed E-state index contributed by atoms with van der Waals surface area (Å²) in [7, 11) is 0. The Hall–Kier alpha value is -2.14. The van der Waals surface area contributed by atoms with Crippen LogP contribution >= 0.6 is 0 Å². The summed E-state index contributed by atoms with van der Waals surface area (Å²) in [5.74, 6) is 0.666. The molecule has 1 amide bonds. The molecule has 2 aromatic rings. The Morgan fingerprint density at radius 1 is 1.26 bits per heavy atom. The number of primary amides is 1. The van der Waals surface area contributed by atoms with Gasteiger partial charge in [-0.3, -0.25) is 9.69 Å². The third-order valence-electron chi connectivity index (χ3n) is 3.52. The summed E-state index contributed by atoms with van der Waals surface area (Å²) < 4.78 is 2.11. The van der Waals surface area contributed by atoms with E-state index in [-0.39, 0.29) is 11.9 Å². The Morgan fingerprint density at radius 3 is 2.79 bits per heavy atom. The molecule has 5 heteroatoms. The normalized spacial score (nSPS) is 16.8.